The third-order valence-corrected chi connectivity index (χ3v) is 4.76. The molecule has 0 aliphatic heterocycles. The number of nitrogens with zero attached hydrogens (tertiary/aromatic N) is 1. The fraction of sp³-hybridized carbons (Fsp3) is 0.500. The number of fused-ring (bicyclic) bond motifs is 1. The van der Waals surface area contributed by atoms with Crippen molar-refractivity contribution in [3.63, 3.8) is 0 Å². The van der Waals surface area contributed by atoms with Crippen LogP contribution in [-0.2, 0) is 9.53 Å². The van der Waals surface area contributed by atoms with Crippen molar-refractivity contribution in [2.45, 2.75) is 51.7 Å². The Labute approximate surface area is 141 Å². The van der Waals surface area contributed by atoms with Gasteiger partial charge in [-0.3, -0.25) is 9.89 Å². The second kappa shape index (κ2) is 7.03. The molecule has 1 amide bonds. The first kappa shape index (κ1) is 16.5. The molecule has 0 unspecified atom stereocenters. The third kappa shape index (κ3) is 3.42. The van der Waals surface area contributed by atoms with Gasteiger partial charge in [0.05, 0.1) is 5.52 Å². The number of aromatic amines is 1. The zero-order valence-electron chi connectivity index (χ0n) is 14.0. The first-order chi connectivity index (χ1) is 11.6. The minimum Gasteiger partial charge on any atom is -0.448 e. The molecule has 0 radical (unpaired) electrons. The molecule has 0 saturated heterocycles. The highest BCUT2D eigenvalue weighted by molar-refractivity contribution is 6.02. The predicted molar refractivity (Wildman–Crippen MR) is 90.5 cm³/mol. The summed E-state index contributed by atoms with van der Waals surface area (Å²) in [4.78, 5) is 24.6. The van der Waals surface area contributed by atoms with E-state index in [2.05, 4.69) is 22.4 Å². The smallest absolute Gasteiger partial charge is 0.360 e. The van der Waals surface area contributed by atoms with E-state index in [9.17, 15) is 9.59 Å². The molecule has 3 rings (SSSR count). The zero-order chi connectivity index (χ0) is 17.1. The number of aromatic nitrogens is 2. The molecule has 1 aliphatic rings. The van der Waals surface area contributed by atoms with E-state index in [0.717, 1.165) is 24.8 Å². The van der Waals surface area contributed by atoms with Gasteiger partial charge in [-0.15, -0.1) is 0 Å². The molecule has 128 valence electrons. The van der Waals surface area contributed by atoms with Crippen LogP contribution in [0.5, 0.6) is 0 Å². The zero-order valence-corrected chi connectivity index (χ0v) is 14.0. The van der Waals surface area contributed by atoms with E-state index in [1.54, 1.807) is 13.0 Å². The van der Waals surface area contributed by atoms with Crippen LogP contribution in [-0.4, -0.2) is 34.2 Å². The molecule has 1 saturated carbocycles. The van der Waals surface area contributed by atoms with Crippen LogP contribution in [0.25, 0.3) is 10.9 Å². The molecule has 2 aromatic rings. The van der Waals surface area contributed by atoms with Crippen molar-refractivity contribution < 1.29 is 14.3 Å². The van der Waals surface area contributed by atoms with Crippen molar-refractivity contribution in [2.24, 2.45) is 5.92 Å². The lowest BCUT2D eigenvalue weighted by molar-refractivity contribution is -0.130. The van der Waals surface area contributed by atoms with Gasteiger partial charge >= 0.3 is 5.97 Å². The number of hydrogen-bond donors (Lipinski definition) is 2. The predicted octanol–water partition coefficient (Wildman–Crippen LogP) is 2.80. The standard InChI is InChI=1S/C18H23N3O3/c1-11-7-3-5-9-14(11)19-17(22)12(2)24-18(23)16-13-8-4-6-10-15(13)20-21-16/h4,6,8,10-12,14H,3,5,7,9H2,1-2H3,(H,19,22)(H,20,21)/t11-,12+,14+/m1/s1. The Morgan fingerprint density at radius 1 is 1.29 bits per heavy atom. The molecule has 1 aromatic heterocycles. The van der Waals surface area contributed by atoms with E-state index in [1.165, 1.54) is 6.42 Å². The van der Waals surface area contributed by atoms with Gasteiger partial charge in [0.2, 0.25) is 0 Å². The number of para-hydroxylation sites is 1. The molecule has 2 N–H and O–H groups in total. The highest BCUT2D eigenvalue weighted by Gasteiger charge is 2.27. The van der Waals surface area contributed by atoms with Crippen molar-refractivity contribution in [3.05, 3.63) is 30.0 Å². The molecule has 3 atom stereocenters. The average Bonchev–Trinajstić information content (AvgIpc) is 3.01. The SMILES string of the molecule is C[C@H](OC(=O)c1n[nH]c2ccccc12)C(=O)N[C@H]1CCCC[C@H]1C. The maximum Gasteiger partial charge on any atom is 0.360 e. The number of carbonyl (C=O) groups excluding carboxylic acids is 2. The summed E-state index contributed by atoms with van der Waals surface area (Å²) < 4.78 is 5.31. The van der Waals surface area contributed by atoms with Crippen LogP contribution in [0.3, 0.4) is 0 Å². The number of hydrogen-bond acceptors (Lipinski definition) is 4. The summed E-state index contributed by atoms with van der Waals surface area (Å²) in [6.07, 6.45) is 3.60. The van der Waals surface area contributed by atoms with Gasteiger partial charge in [-0.25, -0.2) is 4.79 Å². The van der Waals surface area contributed by atoms with Gasteiger partial charge in [0.15, 0.2) is 11.8 Å². The number of rotatable bonds is 4. The highest BCUT2D eigenvalue weighted by Crippen LogP contribution is 2.24. The van der Waals surface area contributed by atoms with Gasteiger partial charge < -0.3 is 10.1 Å². The van der Waals surface area contributed by atoms with Crippen molar-refractivity contribution >= 4 is 22.8 Å². The molecule has 1 fully saturated rings. The molecular weight excluding hydrogens is 306 g/mol. The van der Waals surface area contributed by atoms with E-state index < -0.39 is 12.1 Å². The molecule has 1 heterocycles. The van der Waals surface area contributed by atoms with Crippen molar-refractivity contribution in [1.29, 1.82) is 0 Å². The lowest BCUT2D eigenvalue weighted by Crippen LogP contribution is -2.46. The molecule has 6 nitrogen and oxygen atoms in total. The van der Waals surface area contributed by atoms with E-state index in [1.807, 2.05) is 18.2 Å². The second-order valence-electron chi connectivity index (χ2n) is 6.54. The molecule has 0 bridgehead atoms. The third-order valence-electron chi connectivity index (χ3n) is 4.76. The van der Waals surface area contributed by atoms with Crippen LogP contribution in [0.2, 0.25) is 0 Å². The summed E-state index contributed by atoms with van der Waals surface area (Å²) in [6.45, 7) is 3.74. The first-order valence-corrected chi connectivity index (χ1v) is 8.50. The first-order valence-electron chi connectivity index (χ1n) is 8.50. The van der Waals surface area contributed by atoms with E-state index in [-0.39, 0.29) is 17.6 Å². The van der Waals surface area contributed by atoms with Gasteiger partial charge in [-0.2, -0.15) is 5.10 Å². The van der Waals surface area contributed by atoms with Crippen LogP contribution < -0.4 is 5.32 Å². The topological polar surface area (TPSA) is 84.1 Å². The largest absolute Gasteiger partial charge is 0.448 e. The van der Waals surface area contributed by atoms with Crippen molar-refractivity contribution in [3.8, 4) is 0 Å². The lowest BCUT2D eigenvalue weighted by atomic mass is 9.86. The Morgan fingerprint density at radius 3 is 2.83 bits per heavy atom. The minimum atomic E-state index is -0.845. The summed E-state index contributed by atoms with van der Waals surface area (Å²) in [6, 6.07) is 7.48. The Bertz CT molecular complexity index is 740. The second-order valence-corrected chi connectivity index (χ2v) is 6.54. The Morgan fingerprint density at radius 2 is 2.04 bits per heavy atom. The van der Waals surface area contributed by atoms with Gasteiger partial charge in [-0.05, 0) is 31.7 Å². The Hall–Kier alpha value is -2.37. The Balaban J connectivity index is 1.62. The summed E-state index contributed by atoms with van der Waals surface area (Å²) in [5, 5.41) is 10.5. The number of esters is 1. The van der Waals surface area contributed by atoms with Gasteiger partial charge in [-0.1, -0.05) is 38.0 Å². The summed E-state index contributed by atoms with van der Waals surface area (Å²) in [5.41, 5.74) is 0.967. The molecule has 1 aromatic carbocycles. The van der Waals surface area contributed by atoms with Crippen LogP contribution in [0.1, 0.15) is 50.0 Å². The number of nitrogens with one attached hydrogen (secondary N) is 2. The molecule has 1 aliphatic carbocycles. The number of carbonyl (C=O) groups is 2. The monoisotopic (exact) mass is 329 g/mol. The lowest BCUT2D eigenvalue weighted by Gasteiger charge is -2.30. The number of amides is 1. The van der Waals surface area contributed by atoms with E-state index in [0.29, 0.717) is 11.3 Å². The fourth-order valence-corrected chi connectivity index (χ4v) is 3.22. The fourth-order valence-electron chi connectivity index (χ4n) is 3.22. The van der Waals surface area contributed by atoms with E-state index >= 15 is 0 Å². The molecule has 6 heteroatoms. The minimum absolute atomic E-state index is 0.165. The molecule has 24 heavy (non-hydrogen) atoms. The quantitative estimate of drug-likeness (QED) is 0.845. The number of ether oxygens (including phenoxy) is 1. The average molecular weight is 329 g/mol. The van der Waals surface area contributed by atoms with Crippen LogP contribution in [0, 0.1) is 5.92 Å². The maximum absolute atomic E-state index is 12.3. The van der Waals surface area contributed by atoms with Crippen LogP contribution >= 0.6 is 0 Å². The van der Waals surface area contributed by atoms with Crippen LogP contribution in [0.15, 0.2) is 24.3 Å². The highest BCUT2D eigenvalue weighted by atomic mass is 16.5. The van der Waals surface area contributed by atoms with Crippen molar-refractivity contribution in [2.75, 3.05) is 0 Å². The summed E-state index contributed by atoms with van der Waals surface area (Å²) in [5.74, 6) is -0.380. The number of benzene rings is 1. The van der Waals surface area contributed by atoms with Crippen molar-refractivity contribution in [1.82, 2.24) is 15.5 Å². The molecule has 0 spiro atoms. The van der Waals surface area contributed by atoms with Gasteiger partial charge in [0.1, 0.15) is 0 Å². The summed E-state index contributed by atoms with van der Waals surface area (Å²) >= 11 is 0. The normalized spacial score (nSPS) is 22.1. The van der Waals surface area contributed by atoms with Gasteiger partial charge in [0.25, 0.3) is 5.91 Å². The summed E-state index contributed by atoms with van der Waals surface area (Å²) in [7, 11) is 0. The number of H-pyrrole nitrogens is 1. The Kier molecular flexibility index (Phi) is 4.83. The van der Waals surface area contributed by atoms with Gasteiger partial charge in [0, 0.05) is 11.4 Å². The molecular formula is C18H23N3O3. The maximum atomic E-state index is 12.3. The van der Waals surface area contributed by atoms with E-state index in [4.69, 9.17) is 4.74 Å². The van der Waals surface area contributed by atoms with Crippen LogP contribution in [0.4, 0.5) is 0 Å².